The van der Waals surface area contributed by atoms with Gasteiger partial charge in [0, 0.05) is 11.6 Å². The van der Waals surface area contributed by atoms with Crippen LogP contribution >= 0.6 is 0 Å². The van der Waals surface area contributed by atoms with Crippen molar-refractivity contribution in [2.24, 2.45) is 17.4 Å². The predicted octanol–water partition coefficient (Wildman–Crippen LogP) is 1.63. The molecule has 0 aromatic rings. The van der Waals surface area contributed by atoms with Gasteiger partial charge in [0.15, 0.2) is 0 Å². The van der Waals surface area contributed by atoms with Gasteiger partial charge >= 0.3 is 0 Å². The Kier molecular flexibility index (Phi) is 3.13. The van der Waals surface area contributed by atoms with E-state index in [1.54, 1.807) is 0 Å². The van der Waals surface area contributed by atoms with Gasteiger partial charge < -0.3 is 11.5 Å². The molecule has 2 heteroatoms. The molecule has 0 aromatic heterocycles. The lowest BCUT2D eigenvalue weighted by Crippen LogP contribution is -2.42. The van der Waals surface area contributed by atoms with Crippen molar-refractivity contribution in [2.45, 2.75) is 57.5 Å². The molecule has 0 spiro atoms. The summed E-state index contributed by atoms with van der Waals surface area (Å²) in [5.74, 6) is 0.743. The van der Waals surface area contributed by atoms with Crippen molar-refractivity contribution in [2.75, 3.05) is 0 Å². The molecule has 1 aliphatic carbocycles. The Labute approximate surface area is 75.7 Å². The van der Waals surface area contributed by atoms with E-state index in [9.17, 15) is 0 Å². The third-order valence-corrected chi connectivity index (χ3v) is 2.77. The molecule has 0 aromatic carbocycles. The quantitative estimate of drug-likeness (QED) is 0.676. The van der Waals surface area contributed by atoms with Crippen LogP contribution in [-0.2, 0) is 0 Å². The molecule has 72 valence electrons. The molecule has 1 saturated carbocycles. The molecule has 1 atom stereocenters. The minimum absolute atomic E-state index is 0.0952. The number of rotatable bonds is 3. The van der Waals surface area contributed by atoms with Crippen molar-refractivity contribution in [3.63, 3.8) is 0 Å². The van der Waals surface area contributed by atoms with Gasteiger partial charge in [0.25, 0.3) is 0 Å². The van der Waals surface area contributed by atoms with Gasteiger partial charge in [0.2, 0.25) is 0 Å². The topological polar surface area (TPSA) is 52.0 Å². The molecule has 1 rings (SSSR count). The van der Waals surface area contributed by atoms with E-state index < -0.39 is 0 Å². The first-order valence-corrected chi connectivity index (χ1v) is 5.03. The first kappa shape index (κ1) is 10.0. The Morgan fingerprint density at radius 3 is 2.25 bits per heavy atom. The summed E-state index contributed by atoms with van der Waals surface area (Å²) in [6.07, 6.45) is 6.32. The Morgan fingerprint density at radius 1 is 1.33 bits per heavy atom. The molecule has 0 bridgehead atoms. The van der Waals surface area contributed by atoms with E-state index in [0.717, 1.165) is 12.3 Å². The number of nitrogens with two attached hydrogens (primary N) is 2. The Hall–Kier alpha value is -0.0800. The first-order chi connectivity index (χ1) is 5.49. The molecule has 4 N–H and O–H groups in total. The fourth-order valence-corrected chi connectivity index (χ4v) is 2.16. The lowest BCUT2D eigenvalue weighted by atomic mass is 9.88. The minimum Gasteiger partial charge on any atom is -0.327 e. The normalized spacial score (nSPS) is 23.0. The SMILES string of the molecule is CC(C)(N)CC(N)C1CCCC1. The van der Waals surface area contributed by atoms with Crippen molar-refractivity contribution in [3.8, 4) is 0 Å². The molecule has 1 fully saturated rings. The molecule has 1 unspecified atom stereocenters. The highest BCUT2D eigenvalue weighted by Crippen LogP contribution is 2.29. The third kappa shape index (κ3) is 3.11. The number of hydrogen-bond donors (Lipinski definition) is 2. The lowest BCUT2D eigenvalue weighted by molar-refractivity contribution is 0.337. The van der Waals surface area contributed by atoms with E-state index in [1.807, 2.05) is 0 Å². The van der Waals surface area contributed by atoms with Gasteiger partial charge in [-0.3, -0.25) is 0 Å². The smallest absolute Gasteiger partial charge is 0.0112 e. The van der Waals surface area contributed by atoms with Gasteiger partial charge in [0.05, 0.1) is 0 Å². The van der Waals surface area contributed by atoms with Gasteiger partial charge in [-0.25, -0.2) is 0 Å². The van der Waals surface area contributed by atoms with Gasteiger partial charge in [-0.2, -0.15) is 0 Å². The van der Waals surface area contributed by atoms with E-state index in [2.05, 4.69) is 13.8 Å². The summed E-state index contributed by atoms with van der Waals surface area (Å²) in [7, 11) is 0. The van der Waals surface area contributed by atoms with Crippen LogP contribution in [0.2, 0.25) is 0 Å². The standard InChI is InChI=1S/C10H22N2/c1-10(2,12)7-9(11)8-5-3-4-6-8/h8-9H,3-7,11-12H2,1-2H3. The number of hydrogen-bond acceptors (Lipinski definition) is 2. The van der Waals surface area contributed by atoms with Crippen molar-refractivity contribution in [1.29, 1.82) is 0 Å². The highest BCUT2D eigenvalue weighted by atomic mass is 14.8. The van der Waals surface area contributed by atoms with Crippen LogP contribution in [0, 0.1) is 5.92 Å². The van der Waals surface area contributed by atoms with Crippen molar-refractivity contribution >= 4 is 0 Å². The molecule has 1 aliphatic rings. The summed E-state index contributed by atoms with van der Waals surface area (Å²) >= 11 is 0. The van der Waals surface area contributed by atoms with E-state index in [4.69, 9.17) is 11.5 Å². The largest absolute Gasteiger partial charge is 0.327 e. The van der Waals surface area contributed by atoms with Gasteiger partial charge in [-0.05, 0) is 39.0 Å². The summed E-state index contributed by atoms with van der Waals surface area (Å²) in [4.78, 5) is 0. The lowest BCUT2D eigenvalue weighted by Gasteiger charge is -2.27. The fraction of sp³-hybridized carbons (Fsp3) is 1.00. The van der Waals surface area contributed by atoms with Gasteiger partial charge in [-0.15, -0.1) is 0 Å². The molecule has 0 aliphatic heterocycles. The van der Waals surface area contributed by atoms with Gasteiger partial charge in [-0.1, -0.05) is 12.8 Å². The molecule has 0 heterocycles. The molecule has 0 saturated heterocycles. The summed E-state index contributed by atoms with van der Waals surface area (Å²) < 4.78 is 0. The van der Waals surface area contributed by atoms with Crippen molar-refractivity contribution in [1.82, 2.24) is 0 Å². The van der Waals surface area contributed by atoms with E-state index in [1.165, 1.54) is 25.7 Å². The van der Waals surface area contributed by atoms with Gasteiger partial charge in [0.1, 0.15) is 0 Å². The summed E-state index contributed by atoms with van der Waals surface area (Å²) in [6, 6.07) is 0.326. The summed E-state index contributed by atoms with van der Waals surface area (Å²) in [5.41, 5.74) is 11.9. The second-order valence-corrected chi connectivity index (χ2v) is 4.90. The maximum atomic E-state index is 6.09. The molecular weight excluding hydrogens is 148 g/mol. The van der Waals surface area contributed by atoms with Crippen molar-refractivity contribution in [3.05, 3.63) is 0 Å². The maximum absolute atomic E-state index is 6.09. The molecule has 12 heavy (non-hydrogen) atoms. The van der Waals surface area contributed by atoms with Crippen LogP contribution in [0.5, 0.6) is 0 Å². The zero-order valence-electron chi connectivity index (χ0n) is 8.34. The van der Waals surface area contributed by atoms with Crippen LogP contribution in [0.15, 0.2) is 0 Å². The van der Waals surface area contributed by atoms with Crippen LogP contribution in [0.3, 0.4) is 0 Å². The highest BCUT2D eigenvalue weighted by Gasteiger charge is 2.25. The van der Waals surface area contributed by atoms with Crippen LogP contribution in [0.4, 0.5) is 0 Å². The minimum atomic E-state index is -0.0952. The summed E-state index contributed by atoms with van der Waals surface area (Å²) in [6.45, 7) is 4.11. The molecular formula is C10H22N2. The maximum Gasteiger partial charge on any atom is 0.0112 e. The van der Waals surface area contributed by atoms with E-state index >= 15 is 0 Å². The van der Waals surface area contributed by atoms with Crippen LogP contribution in [0.25, 0.3) is 0 Å². The Morgan fingerprint density at radius 2 is 1.83 bits per heavy atom. The Bertz CT molecular complexity index is 131. The average Bonchev–Trinajstić information content (AvgIpc) is 2.32. The zero-order valence-corrected chi connectivity index (χ0v) is 8.34. The zero-order chi connectivity index (χ0) is 9.19. The summed E-state index contributed by atoms with van der Waals surface area (Å²) in [5, 5.41) is 0. The molecule has 0 amide bonds. The predicted molar refractivity (Wildman–Crippen MR) is 52.8 cm³/mol. The van der Waals surface area contributed by atoms with E-state index in [0.29, 0.717) is 6.04 Å². The van der Waals surface area contributed by atoms with Crippen molar-refractivity contribution < 1.29 is 0 Å². The Balaban J connectivity index is 2.31. The van der Waals surface area contributed by atoms with Crippen LogP contribution in [0.1, 0.15) is 46.0 Å². The molecule has 0 radical (unpaired) electrons. The van der Waals surface area contributed by atoms with E-state index in [-0.39, 0.29) is 5.54 Å². The van der Waals surface area contributed by atoms with Crippen LogP contribution < -0.4 is 11.5 Å². The average molecular weight is 170 g/mol. The fourth-order valence-electron chi connectivity index (χ4n) is 2.16. The second kappa shape index (κ2) is 3.75. The highest BCUT2D eigenvalue weighted by molar-refractivity contribution is 4.85. The molecule has 2 nitrogen and oxygen atoms in total. The third-order valence-electron chi connectivity index (χ3n) is 2.77. The monoisotopic (exact) mass is 170 g/mol. The second-order valence-electron chi connectivity index (χ2n) is 4.90. The first-order valence-electron chi connectivity index (χ1n) is 5.03. The van der Waals surface area contributed by atoms with Crippen LogP contribution in [-0.4, -0.2) is 11.6 Å².